The van der Waals surface area contributed by atoms with Gasteiger partial charge in [0.15, 0.2) is 0 Å². The molecule has 1 aromatic rings. The third kappa shape index (κ3) is 3.56. The van der Waals surface area contributed by atoms with E-state index in [0.717, 1.165) is 12.2 Å². The molecule has 0 aliphatic rings. The van der Waals surface area contributed by atoms with Crippen LogP contribution in [0.3, 0.4) is 0 Å². The van der Waals surface area contributed by atoms with Gasteiger partial charge in [0.2, 0.25) is 0 Å². The molecule has 0 aromatic heterocycles. The van der Waals surface area contributed by atoms with Crippen molar-refractivity contribution in [3.05, 3.63) is 28.8 Å². The first-order valence-electron chi connectivity index (χ1n) is 5.79. The topological polar surface area (TPSA) is 46.3 Å². The monoisotopic (exact) mass is 286 g/mol. The van der Waals surface area contributed by atoms with Crippen molar-refractivity contribution >= 4 is 35.0 Å². The smallest absolute Gasteiger partial charge is 0.255 e. The number of halogens is 1. The van der Waals surface area contributed by atoms with Crippen LogP contribution in [-0.4, -0.2) is 35.9 Å². The van der Waals surface area contributed by atoms with Gasteiger partial charge in [-0.05, 0) is 37.5 Å². The number of carbonyl (C=O) groups excluding carboxylic acids is 1. The van der Waals surface area contributed by atoms with Crippen LogP contribution >= 0.6 is 23.4 Å². The van der Waals surface area contributed by atoms with Crippen LogP contribution in [0.25, 0.3) is 0 Å². The van der Waals surface area contributed by atoms with Crippen molar-refractivity contribution in [3.63, 3.8) is 0 Å². The molecule has 0 heterocycles. The SMILES string of the molecule is CSCCC(C)N(C)C(=O)c1cccc(N)c1Cl. The molecule has 0 spiro atoms. The van der Waals surface area contributed by atoms with Crippen molar-refractivity contribution in [3.8, 4) is 0 Å². The van der Waals surface area contributed by atoms with E-state index in [-0.39, 0.29) is 11.9 Å². The molecule has 0 bridgehead atoms. The third-order valence-electron chi connectivity index (χ3n) is 2.98. The van der Waals surface area contributed by atoms with Crippen molar-refractivity contribution in [2.75, 3.05) is 24.8 Å². The minimum absolute atomic E-state index is 0.0825. The summed E-state index contributed by atoms with van der Waals surface area (Å²) in [6.45, 7) is 2.04. The second-order valence-electron chi connectivity index (χ2n) is 4.26. The molecule has 1 aromatic carbocycles. The molecule has 3 nitrogen and oxygen atoms in total. The molecule has 1 rings (SSSR count). The van der Waals surface area contributed by atoms with Crippen LogP contribution in [0.5, 0.6) is 0 Å². The van der Waals surface area contributed by atoms with Crippen LogP contribution in [-0.2, 0) is 0 Å². The van der Waals surface area contributed by atoms with Crippen LogP contribution < -0.4 is 5.73 Å². The fraction of sp³-hybridized carbons (Fsp3) is 0.462. The van der Waals surface area contributed by atoms with E-state index in [2.05, 4.69) is 6.26 Å². The molecule has 0 radical (unpaired) electrons. The number of nitrogens with zero attached hydrogens (tertiary/aromatic N) is 1. The van der Waals surface area contributed by atoms with E-state index in [1.54, 1.807) is 41.9 Å². The average molecular weight is 287 g/mol. The standard InChI is InChI=1S/C13H19ClN2OS/c1-9(7-8-18-3)16(2)13(17)10-5-4-6-11(15)12(10)14/h4-6,9H,7-8,15H2,1-3H3. The van der Waals surface area contributed by atoms with E-state index >= 15 is 0 Å². The fourth-order valence-corrected chi connectivity index (χ4v) is 2.37. The van der Waals surface area contributed by atoms with Crippen molar-refractivity contribution < 1.29 is 4.79 Å². The Morgan fingerprint density at radius 3 is 2.83 bits per heavy atom. The van der Waals surface area contributed by atoms with Crippen LogP contribution in [0, 0.1) is 0 Å². The minimum Gasteiger partial charge on any atom is -0.398 e. The minimum atomic E-state index is -0.0825. The number of thioether (sulfide) groups is 1. The second-order valence-corrected chi connectivity index (χ2v) is 5.62. The van der Waals surface area contributed by atoms with Crippen molar-refractivity contribution in [1.82, 2.24) is 4.90 Å². The summed E-state index contributed by atoms with van der Waals surface area (Å²) in [5.74, 6) is 0.949. The first-order valence-corrected chi connectivity index (χ1v) is 7.56. The number of benzene rings is 1. The summed E-state index contributed by atoms with van der Waals surface area (Å²) in [5, 5.41) is 0.339. The Morgan fingerprint density at radius 1 is 1.56 bits per heavy atom. The number of nitrogens with two attached hydrogens (primary N) is 1. The van der Waals surface area contributed by atoms with Crippen LogP contribution in [0.2, 0.25) is 5.02 Å². The zero-order chi connectivity index (χ0) is 13.7. The fourth-order valence-electron chi connectivity index (χ4n) is 1.59. The molecule has 18 heavy (non-hydrogen) atoms. The predicted octanol–water partition coefficient (Wildman–Crippen LogP) is 3.14. The van der Waals surface area contributed by atoms with E-state index < -0.39 is 0 Å². The number of anilines is 1. The van der Waals surface area contributed by atoms with Crippen molar-refractivity contribution in [2.24, 2.45) is 0 Å². The largest absolute Gasteiger partial charge is 0.398 e. The predicted molar refractivity (Wildman–Crippen MR) is 80.4 cm³/mol. The highest BCUT2D eigenvalue weighted by molar-refractivity contribution is 7.98. The Balaban J connectivity index is 2.83. The number of nitrogen functional groups attached to an aromatic ring is 1. The molecule has 1 amide bonds. The summed E-state index contributed by atoms with van der Waals surface area (Å²) >= 11 is 7.84. The molecular weight excluding hydrogens is 268 g/mol. The molecule has 1 atom stereocenters. The number of hydrogen-bond acceptors (Lipinski definition) is 3. The van der Waals surface area contributed by atoms with E-state index in [0.29, 0.717) is 16.3 Å². The van der Waals surface area contributed by atoms with Crippen LogP contribution in [0.4, 0.5) is 5.69 Å². The highest BCUT2D eigenvalue weighted by atomic mass is 35.5. The number of rotatable bonds is 5. The van der Waals surface area contributed by atoms with E-state index in [1.807, 2.05) is 6.92 Å². The lowest BCUT2D eigenvalue weighted by atomic mass is 10.1. The van der Waals surface area contributed by atoms with Gasteiger partial charge in [0, 0.05) is 13.1 Å². The summed E-state index contributed by atoms with van der Waals surface area (Å²) in [4.78, 5) is 14.0. The van der Waals surface area contributed by atoms with Gasteiger partial charge in [-0.15, -0.1) is 0 Å². The normalized spacial score (nSPS) is 12.2. The molecule has 0 aliphatic carbocycles. The summed E-state index contributed by atoms with van der Waals surface area (Å²) in [6, 6.07) is 5.33. The van der Waals surface area contributed by atoms with Gasteiger partial charge in [-0.2, -0.15) is 11.8 Å². The summed E-state index contributed by atoms with van der Waals surface area (Å²) in [6.07, 6.45) is 3.02. The van der Waals surface area contributed by atoms with Crippen LogP contribution in [0.15, 0.2) is 18.2 Å². The Labute approximate surface area is 118 Å². The molecule has 100 valence electrons. The zero-order valence-corrected chi connectivity index (χ0v) is 12.5. The van der Waals surface area contributed by atoms with Gasteiger partial charge in [-0.25, -0.2) is 0 Å². The lowest BCUT2D eigenvalue weighted by Crippen LogP contribution is -2.35. The molecule has 0 saturated carbocycles. The third-order valence-corrected chi connectivity index (χ3v) is 4.05. The summed E-state index contributed by atoms with van der Waals surface area (Å²) < 4.78 is 0. The zero-order valence-electron chi connectivity index (χ0n) is 10.9. The Morgan fingerprint density at radius 2 is 2.22 bits per heavy atom. The van der Waals surface area contributed by atoms with Crippen molar-refractivity contribution in [2.45, 2.75) is 19.4 Å². The van der Waals surface area contributed by atoms with Gasteiger partial charge < -0.3 is 10.6 Å². The number of carbonyl (C=O) groups is 1. The maximum absolute atomic E-state index is 12.3. The van der Waals surface area contributed by atoms with Gasteiger partial charge in [0.05, 0.1) is 16.3 Å². The Bertz CT molecular complexity index is 425. The lowest BCUT2D eigenvalue weighted by molar-refractivity contribution is 0.0741. The average Bonchev–Trinajstić information content (AvgIpc) is 2.37. The maximum Gasteiger partial charge on any atom is 0.255 e. The molecule has 5 heteroatoms. The lowest BCUT2D eigenvalue weighted by Gasteiger charge is -2.25. The molecular formula is C13H19ClN2OS. The number of amides is 1. The Kier molecular flexibility index (Phi) is 5.82. The van der Waals surface area contributed by atoms with Gasteiger partial charge in [0.25, 0.3) is 5.91 Å². The quantitative estimate of drug-likeness (QED) is 0.846. The highest BCUT2D eigenvalue weighted by Crippen LogP contribution is 2.24. The highest BCUT2D eigenvalue weighted by Gasteiger charge is 2.20. The second kappa shape index (κ2) is 6.90. The van der Waals surface area contributed by atoms with Crippen LogP contribution in [0.1, 0.15) is 23.7 Å². The molecule has 0 fully saturated rings. The number of hydrogen-bond donors (Lipinski definition) is 1. The first-order chi connectivity index (χ1) is 8.49. The summed E-state index contributed by atoms with van der Waals surface area (Å²) in [5.41, 5.74) is 6.61. The van der Waals surface area contributed by atoms with E-state index in [9.17, 15) is 4.79 Å². The summed E-state index contributed by atoms with van der Waals surface area (Å²) in [7, 11) is 1.80. The maximum atomic E-state index is 12.3. The Hall–Kier alpha value is -0.870. The first kappa shape index (κ1) is 15.2. The molecule has 0 saturated heterocycles. The molecule has 2 N–H and O–H groups in total. The van der Waals surface area contributed by atoms with Gasteiger partial charge >= 0.3 is 0 Å². The van der Waals surface area contributed by atoms with Crippen molar-refractivity contribution in [1.29, 1.82) is 0 Å². The van der Waals surface area contributed by atoms with Gasteiger partial charge in [-0.1, -0.05) is 17.7 Å². The van der Waals surface area contributed by atoms with Gasteiger partial charge in [-0.3, -0.25) is 4.79 Å². The van der Waals surface area contributed by atoms with E-state index in [1.165, 1.54) is 0 Å². The van der Waals surface area contributed by atoms with Gasteiger partial charge in [0.1, 0.15) is 0 Å². The molecule has 0 aliphatic heterocycles. The molecule has 1 unspecified atom stereocenters. The van der Waals surface area contributed by atoms with E-state index in [4.69, 9.17) is 17.3 Å².